The zero-order valence-corrected chi connectivity index (χ0v) is 11.5. The lowest BCUT2D eigenvalue weighted by atomic mass is 10.0. The summed E-state index contributed by atoms with van der Waals surface area (Å²) in [5, 5.41) is 14.6. The molecule has 0 aromatic heterocycles. The number of nitrogens with one attached hydrogen (secondary N) is 2. The van der Waals surface area contributed by atoms with Crippen LogP contribution in [0.4, 0.5) is 0 Å². The van der Waals surface area contributed by atoms with Crippen molar-refractivity contribution in [2.24, 2.45) is 5.92 Å². The number of likely N-dealkylation sites (N-methyl/N-ethyl adjacent to an activating group) is 1. The molecule has 3 atom stereocenters. The van der Waals surface area contributed by atoms with Gasteiger partial charge in [-0.15, -0.1) is 0 Å². The highest BCUT2D eigenvalue weighted by Crippen LogP contribution is 2.14. The summed E-state index contributed by atoms with van der Waals surface area (Å²) < 4.78 is 5.23. The SMILES string of the molecule is CNC1COCC1C(=O)NC(CCSC)C(=O)O. The third-order valence-corrected chi connectivity index (χ3v) is 3.66. The summed E-state index contributed by atoms with van der Waals surface area (Å²) in [4.78, 5) is 23.0. The second kappa shape index (κ2) is 7.60. The van der Waals surface area contributed by atoms with Crippen molar-refractivity contribution in [3.8, 4) is 0 Å². The van der Waals surface area contributed by atoms with E-state index >= 15 is 0 Å². The van der Waals surface area contributed by atoms with Crippen LogP contribution in [0.3, 0.4) is 0 Å². The topological polar surface area (TPSA) is 87.7 Å². The highest BCUT2D eigenvalue weighted by Gasteiger charge is 2.34. The molecule has 0 bridgehead atoms. The van der Waals surface area contributed by atoms with Crippen LogP contribution in [0.2, 0.25) is 0 Å². The van der Waals surface area contributed by atoms with Gasteiger partial charge in [0.15, 0.2) is 0 Å². The lowest BCUT2D eigenvalue weighted by molar-refractivity contribution is -0.142. The summed E-state index contributed by atoms with van der Waals surface area (Å²) >= 11 is 1.56. The van der Waals surface area contributed by atoms with E-state index in [-0.39, 0.29) is 17.9 Å². The van der Waals surface area contributed by atoms with E-state index in [2.05, 4.69) is 10.6 Å². The van der Waals surface area contributed by atoms with E-state index in [1.54, 1.807) is 18.8 Å². The lowest BCUT2D eigenvalue weighted by Crippen LogP contribution is -2.48. The molecule has 18 heavy (non-hydrogen) atoms. The fourth-order valence-corrected chi connectivity index (χ4v) is 2.34. The number of hydrogen-bond donors (Lipinski definition) is 3. The van der Waals surface area contributed by atoms with E-state index in [0.717, 1.165) is 0 Å². The number of carboxylic acid groups (broad SMARTS) is 1. The molecule has 0 radical (unpaired) electrons. The van der Waals surface area contributed by atoms with E-state index in [0.29, 0.717) is 25.4 Å². The fourth-order valence-electron chi connectivity index (χ4n) is 1.87. The first-order valence-corrected chi connectivity index (χ1v) is 7.26. The number of thioether (sulfide) groups is 1. The Labute approximate surface area is 111 Å². The van der Waals surface area contributed by atoms with Gasteiger partial charge in [0.05, 0.1) is 19.1 Å². The monoisotopic (exact) mass is 276 g/mol. The van der Waals surface area contributed by atoms with Crippen LogP contribution < -0.4 is 10.6 Å². The van der Waals surface area contributed by atoms with Crippen LogP contribution in [0, 0.1) is 5.92 Å². The maximum Gasteiger partial charge on any atom is 0.326 e. The van der Waals surface area contributed by atoms with Crippen LogP contribution in [0.5, 0.6) is 0 Å². The van der Waals surface area contributed by atoms with Gasteiger partial charge < -0.3 is 20.5 Å². The van der Waals surface area contributed by atoms with Crippen LogP contribution in [0.15, 0.2) is 0 Å². The largest absolute Gasteiger partial charge is 0.480 e. The molecule has 1 aliphatic heterocycles. The van der Waals surface area contributed by atoms with Gasteiger partial charge in [0.1, 0.15) is 6.04 Å². The van der Waals surface area contributed by atoms with Gasteiger partial charge in [-0.3, -0.25) is 4.79 Å². The Morgan fingerprint density at radius 1 is 1.50 bits per heavy atom. The number of aliphatic carboxylic acids is 1. The van der Waals surface area contributed by atoms with Gasteiger partial charge in [-0.25, -0.2) is 4.79 Å². The van der Waals surface area contributed by atoms with Crippen molar-refractivity contribution in [2.75, 3.05) is 32.3 Å². The molecular formula is C11H20N2O4S. The zero-order chi connectivity index (χ0) is 13.5. The van der Waals surface area contributed by atoms with E-state index < -0.39 is 12.0 Å². The first-order valence-electron chi connectivity index (χ1n) is 5.87. The van der Waals surface area contributed by atoms with Crippen LogP contribution in [0.1, 0.15) is 6.42 Å². The molecule has 0 aromatic rings. The molecule has 6 nitrogen and oxygen atoms in total. The molecule has 0 saturated carbocycles. The van der Waals surface area contributed by atoms with E-state index in [1.165, 1.54) is 0 Å². The maximum absolute atomic E-state index is 12.0. The van der Waals surface area contributed by atoms with Crippen LogP contribution in [0.25, 0.3) is 0 Å². The molecule has 1 fully saturated rings. The minimum atomic E-state index is -0.989. The molecule has 3 N–H and O–H groups in total. The third kappa shape index (κ3) is 4.15. The number of rotatable bonds is 7. The van der Waals surface area contributed by atoms with Crippen molar-refractivity contribution in [3.63, 3.8) is 0 Å². The van der Waals surface area contributed by atoms with Gasteiger partial charge in [-0.2, -0.15) is 11.8 Å². The Balaban J connectivity index is 2.52. The molecule has 0 aromatic carbocycles. The summed E-state index contributed by atoms with van der Waals surface area (Å²) in [6.45, 7) is 0.823. The van der Waals surface area contributed by atoms with Crippen molar-refractivity contribution in [1.82, 2.24) is 10.6 Å². The third-order valence-electron chi connectivity index (χ3n) is 3.01. The summed E-state index contributed by atoms with van der Waals surface area (Å²) in [5.41, 5.74) is 0. The average molecular weight is 276 g/mol. The average Bonchev–Trinajstić information content (AvgIpc) is 2.82. The lowest BCUT2D eigenvalue weighted by Gasteiger charge is -2.20. The zero-order valence-electron chi connectivity index (χ0n) is 10.6. The predicted molar refractivity (Wildman–Crippen MR) is 69.7 cm³/mol. The van der Waals surface area contributed by atoms with Crippen LogP contribution in [-0.2, 0) is 14.3 Å². The highest BCUT2D eigenvalue weighted by atomic mass is 32.2. The molecule has 0 aliphatic carbocycles. The number of carbonyl (C=O) groups excluding carboxylic acids is 1. The Hall–Kier alpha value is -0.790. The number of ether oxygens (including phenoxy) is 1. The summed E-state index contributed by atoms with van der Waals surface area (Å²) in [7, 11) is 1.77. The standard InChI is InChI=1S/C11H20N2O4S/c1-12-9-6-17-5-7(9)10(14)13-8(11(15)16)3-4-18-2/h7-9,12H,3-6H2,1-2H3,(H,13,14)(H,15,16). The molecule has 104 valence electrons. The molecule has 0 spiro atoms. The minimum Gasteiger partial charge on any atom is -0.480 e. The first kappa shape index (κ1) is 15.3. The number of carboxylic acids is 1. The van der Waals surface area contributed by atoms with Crippen molar-refractivity contribution in [2.45, 2.75) is 18.5 Å². The van der Waals surface area contributed by atoms with Gasteiger partial charge in [-0.1, -0.05) is 0 Å². The smallest absolute Gasteiger partial charge is 0.326 e. The molecule has 1 heterocycles. The Morgan fingerprint density at radius 3 is 2.78 bits per heavy atom. The van der Waals surface area contributed by atoms with Gasteiger partial charge in [-0.05, 0) is 25.5 Å². The van der Waals surface area contributed by atoms with Crippen molar-refractivity contribution in [1.29, 1.82) is 0 Å². The molecule has 1 saturated heterocycles. The normalized spacial score (nSPS) is 24.8. The summed E-state index contributed by atoms with van der Waals surface area (Å²) in [5.74, 6) is -0.850. The molecule has 1 amide bonds. The van der Waals surface area contributed by atoms with Gasteiger partial charge >= 0.3 is 5.97 Å². The van der Waals surface area contributed by atoms with Gasteiger partial charge in [0.25, 0.3) is 0 Å². The van der Waals surface area contributed by atoms with Crippen LogP contribution in [-0.4, -0.2) is 61.3 Å². The molecule has 1 rings (SSSR count). The number of hydrogen-bond acceptors (Lipinski definition) is 5. The van der Waals surface area contributed by atoms with E-state index in [1.807, 2.05) is 6.26 Å². The number of carbonyl (C=O) groups is 2. The maximum atomic E-state index is 12.0. The number of amides is 1. The van der Waals surface area contributed by atoms with Gasteiger partial charge in [0, 0.05) is 6.04 Å². The Morgan fingerprint density at radius 2 is 2.22 bits per heavy atom. The summed E-state index contributed by atoms with van der Waals surface area (Å²) in [6, 6.07) is -0.858. The second-order valence-electron chi connectivity index (χ2n) is 4.22. The van der Waals surface area contributed by atoms with E-state index in [4.69, 9.17) is 9.84 Å². The molecular weight excluding hydrogens is 256 g/mol. The summed E-state index contributed by atoms with van der Waals surface area (Å²) in [6.07, 6.45) is 2.34. The highest BCUT2D eigenvalue weighted by molar-refractivity contribution is 7.98. The minimum absolute atomic E-state index is 0.0417. The fraction of sp³-hybridized carbons (Fsp3) is 0.818. The van der Waals surface area contributed by atoms with Crippen molar-refractivity contribution in [3.05, 3.63) is 0 Å². The Kier molecular flexibility index (Phi) is 6.45. The quantitative estimate of drug-likeness (QED) is 0.583. The van der Waals surface area contributed by atoms with Gasteiger partial charge in [0.2, 0.25) is 5.91 Å². The first-order chi connectivity index (χ1) is 8.60. The Bertz CT molecular complexity index is 301. The predicted octanol–water partition coefficient (Wildman–Crippen LogP) is -0.457. The molecule has 1 aliphatic rings. The van der Waals surface area contributed by atoms with Crippen molar-refractivity contribution < 1.29 is 19.4 Å². The second-order valence-corrected chi connectivity index (χ2v) is 5.21. The molecule has 3 unspecified atom stereocenters. The van der Waals surface area contributed by atoms with E-state index in [9.17, 15) is 9.59 Å². The van der Waals surface area contributed by atoms with Crippen molar-refractivity contribution >= 4 is 23.6 Å². The molecule has 7 heteroatoms. The van der Waals surface area contributed by atoms with Crippen LogP contribution >= 0.6 is 11.8 Å².